The summed E-state index contributed by atoms with van der Waals surface area (Å²) in [4.78, 5) is 139. The molecule has 11 atom stereocenters. The number of carbonyl (C=O) groups is 10. The summed E-state index contributed by atoms with van der Waals surface area (Å²) in [5, 5.41) is 25.9. The zero-order chi connectivity index (χ0) is 64.7. The number of methoxy groups -OCH3 is 2. The Labute approximate surface area is 508 Å². The molecular formula is C61H102N12O13. The number of rotatable bonds is 35. The zero-order valence-electron chi connectivity index (χ0n) is 53.2. The van der Waals surface area contributed by atoms with Gasteiger partial charge in [-0.1, -0.05) is 73.6 Å². The molecule has 0 unspecified atom stereocenters. The van der Waals surface area contributed by atoms with E-state index in [0.29, 0.717) is 50.8 Å². The standard InChI is InChI=1S/C61H102N12O13/c1-15-38(8)53(71(12)59(81)51(36(4)5)69-58(80)52(37(6)7)70(10)11)46(85-13)33-49(76)73-29-17-19-45(73)54(86-14)39(9)55(77)66-43(34-62)32-40-20-22-42(23-21-40)65-56(78)44(18-16-28-64-61(63)84)67-57(79)50(35(2)3)68-47(74)24-25-48(75)72-30-26-41(27-31-72)60(82)83/h20-23,36-39,41,43-46,50-54H,2,15-19,24-34,62H2,1,3-14H3,(H,65,78)(H,66,77)(H,67,79)(H,68,74)(H,69,80)(H,82,83)(H3,63,64,84)/t38-,39+,43-,44-,45-,46+,50-,51-,52-,53-,54+/m0/s1. The maximum Gasteiger partial charge on any atom is 0.312 e. The van der Waals surface area contributed by atoms with E-state index in [-0.39, 0.29) is 111 Å². The predicted octanol–water partition coefficient (Wildman–Crippen LogP) is 2.36. The molecule has 1 aromatic carbocycles. The topological polar surface area (TPSA) is 347 Å². The number of benzene rings is 1. The average Bonchev–Trinajstić information content (AvgIpc) is 3.02. The molecule has 2 heterocycles. The molecule has 0 radical (unpaired) electrons. The van der Waals surface area contributed by atoms with Crippen molar-refractivity contribution >= 4 is 64.9 Å². The molecule has 2 fully saturated rings. The number of carboxylic acid groups (broad SMARTS) is 1. The molecule has 0 aliphatic carbocycles. The Morgan fingerprint density at radius 3 is 1.95 bits per heavy atom. The Morgan fingerprint density at radius 2 is 1.43 bits per heavy atom. The maximum atomic E-state index is 14.5. The highest BCUT2D eigenvalue weighted by atomic mass is 16.5. The van der Waals surface area contributed by atoms with Gasteiger partial charge >= 0.3 is 12.0 Å². The lowest BCUT2D eigenvalue weighted by Crippen LogP contribution is -2.59. The summed E-state index contributed by atoms with van der Waals surface area (Å²) in [5.41, 5.74) is 12.9. The van der Waals surface area contributed by atoms with E-state index in [1.165, 1.54) is 26.0 Å². The predicted molar refractivity (Wildman–Crippen MR) is 327 cm³/mol. The first kappa shape index (κ1) is 73.6. The molecule has 1 aromatic rings. The lowest BCUT2D eigenvalue weighted by molar-refractivity contribution is -0.148. The Hall–Kier alpha value is -6.70. The number of ether oxygens (including phenoxy) is 2. The SMILES string of the molecule is C=C(C)[C@H](NC(=O)CCC(=O)N1CCC(C(=O)O)CC1)C(=O)N[C@@H](CCCNC(N)=O)C(=O)Nc1ccc(C[C@@H](CN)NC(=O)[C@H](C)[C@@H](OC)[C@@H]2CCCN2C(=O)C[C@@H](OC)[C@H]([C@@H](C)CC)N(C)C(=O)[C@@H](NC(=O)[C@H](C(C)C)N(C)C)C(C)C)cc1. The van der Waals surface area contributed by atoms with Crippen LogP contribution in [0.4, 0.5) is 10.5 Å². The summed E-state index contributed by atoms with van der Waals surface area (Å²) in [6, 6.07) is 0.919. The summed E-state index contributed by atoms with van der Waals surface area (Å²) >= 11 is 0. The van der Waals surface area contributed by atoms with Gasteiger partial charge in [0.1, 0.15) is 18.1 Å². The number of nitrogens with two attached hydrogens (primary N) is 2. The number of aliphatic carboxylic acids is 1. The molecular weight excluding hydrogens is 1110 g/mol. The number of likely N-dealkylation sites (tertiary alicyclic amines) is 2. The number of hydrogen-bond acceptors (Lipinski definition) is 14. The second kappa shape index (κ2) is 35.8. The zero-order valence-corrected chi connectivity index (χ0v) is 53.2. The van der Waals surface area contributed by atoms with Gasteiger partial charge in [-0.15, -0.1) is 0 Å². The lowest BCUT2D eigenvalue weighted by atomic mass is 9.89. The number of amides is 10. The quantitative estimate of drug-likeness (QED) is 0.0348. The minimum atomic E-state index is -1.26. The van der Waals surface area contributed by atoms with Gasteiger partial charge in [0.2, 0.25) is 47.3 Å². The minimum absolute atomic E-state index is 0.00255. The first-order chi connectivity index (χ1) is 40.5. The van der Waals surface area contributed by atoms with E-state index in [2.05, 4.69) is 38.5 Å². The van der Waals surface area contributed by atoms with Crippen LogP contribution in [0.1, 0.15) is 125 Å². The number of piperidine rings is 1. The van der Waals surface area contributed by atoms with E-state index in [1.807, 2.05) is 60.5 Å². The van der Waals surface area contributed by atoms with Crippen molar-refractivity contribution in [3.63, 3.8) is 0 Å². The van der Waals surface area contributed by atoms with Crippen LogP contribution in [-0.2, 0) is 59.0 Å². The monoisotopic (exact) mass is 1210 g/mol. The number of nitrogens with zero attached hydrogens (tertiary/aromatic N) is 4. The van der Waals surface area contributed by atoms with Crippen LogP contribution in [0.15, 0.2) is 36.4 Å². The van der Waals surface area contributed by atoms with E-state index in [1.54, 1.807) is 48.0 Å². The number of carbonyl (C=O) groups excluding carboxylic acids is 9. The number of hydrogen-bond donors (Lipinski definition) is 9. The Bertz CT molecular complexity index is 2440. The molecule has 86 heavy (non-hydrogen) atoms. The van der Waals surface area contributed by atoms with Crippen molar-refractivity contribution in [2.24, 2.45) is 41.1 Å². The molecule has 0 spiro atoms. The molecule has 2 aliphatic rings. The van der Waals surface area contributed by atoms with Gasteiger partial charge in [-0.05, 0) is 107 Å². The van der Waals surface area contributed by atoms with Gasteiger partial charge in [-0.25, -0.2) is 4.79 Å². The molecule has 484 valence electrons. The number of primary amides is 1. The normalized spacial score (nSPS) is 18.1. The molecule has 2 saturated heterocycles. The van der Waals surface area contributed by atoms with E-state index < -0.39 is 96.1 Å². The van der Waals surface area contributed by atoms with Gasteiger partial charge in [0.15, 0.2) is 0 Å². The number of likely N-dealkylation sites (N-methyl/N-ethyl adjacent to an activating group) is 2. The van der Waals surface area contributed by atoms with Crippen molar-refractivity contribution in [1.82, 2.24) is 46.2 Å². The summed E-state index contributed by atoms with van der Waals surface area (Å²) in [7, 11) is 8.42. The summed E-state index contributed by atoms with van der Waals surface area (Å²) in [6.07, 6.45) is 1.39. The van der Waals surface area contributed by atoms with E-state index in [0.717, 1.165) is 5.56 Å². The Balaban J connectivity index is 1.68. The van der Waals surface area contributed by atoms with Crippen LogP contribution in [0.3, 0.4) is 0 Å². The molecule has 0 bridgehead atoms. The van der Waals surface area contributed by atoms with Crippen molar-refractivity contribution in [2.45, 2.75) is 181 Å². The Kier molecular flexibility index (Phi) is 30.6. The second-order valence-electron chi connectivity index (χ2n) is 24.1. The fraction of sp³-hybridized carbons (Fsp3) is 0.705. The van der Waals surface area contributed by atoms with Crippen molar-refractivity contribution in [3.8, 4) is 0 Å². The molecule has 3 rings (SSSR count). The van der Waals surface area contributed by atoms with E-state index in [9.17, 15) is 53.1 Å². The fourth-order valence-electron chi connectivity index (χ4n) is 11.6. The maximum absolute atomic E-state index is 14.5. The molecule has 0 saturated carbocycles. The van der Waals surface area contributed by atoms with Crippen LogP contribution in [0, 0.1) is 29.6 Å². The second-order valence-corrected chi connectivity index (χ2v) is 24.1. The first-order valence-electron chi connectivity index (χ1n) is 30.3. The third kappa shape index (κ3) is 21.9. The van der Waals surface area contributed by atoms with Gasteiger partial charge in [-0.2, -0.15) is 0 Å². The lowest BCUT2D eigenvalue weighted by Gasteiger charge is -2.41. The van der Waals surface area contributed by atoms with Gasteiger partial charge in [0, 0.05) is 78.6 Å². The molecule has 11 N–H and O–H groups in total. The highest BCUT2D eigenvalue weighted by Gasteiger charge is 2.44. The molecule has 0 aromatic heterocycles. The number of anilines is 1. The van der Waals surface area contributed by atoms with Crippen molar-refractivity contribution in [3.05, 3.63) is 42.0 Å². The van der Waals surface area contributed by atoms with Gasteiger partial charge < -0.3 is 72.6 Å². The van der Waals surface area contributed by atoms with Gasteiger partial charge in [0.25, 0.3) is 0 Å². The molecule has 25 heteroatoms. The van der Waals surface area contributed by atoms with Crippen LogP contribution in [0.25, 0.3) is 0 Å². The summed E-state index contributed by atoms with van der Waals surface area (Å²) in [5.74, 6) is -5.74. The van der Waals surface area contributed by atoms with Crippen LogP contribution in [0.5, 0.6) is 0 Å². The number of nitrogens with one attached hydrogen (secondary N) is 6. The van der Waals surface area contributed by atoms with Crippen LogP contribution >= 0.6 is 0 Å². The average molecular weight is 1210 g/mol. The van der Waals surface area contributed by atoms with Crippen LogP contribution in [0.2, 0.25) is 0 Å². The molecule has 2 aliphatic heterocycles. The smallest absolute Gasteiger partial charge is 0.312 e. The fourth-order valence-corrected chi connectivity index (χ4v) is 11.6. The summed E-state index contributed by atoms with van der Waals surface area (Å²) < 4.78 is 12.1. The summed E-state index contributed by atoms with van der Waals surface area (Å²) in [6.45, 7) is 20.0. The molecule has 10 amide bonds. The third-order valence-electron chi connectivity index (χ3n) is 16.7. The van der Waals surface area contributed by atoms with Crippen molar-refractivity contribution in [1.29, 1.82) is 0 Å². The van der Waals surface area contributed by atoms with Crippen molar-refractivity contribution < 1.29 is 62.5 Å². The third-order valence-corrected chi connectivity index (χ3v) is 16.7. The van der Waals surface area contributed by atoms with Gasteiger partial charge in [0.05, 0.1) is 48.6 Å². The van der Waals surface area contributed by atoms with Crippen LogP contribution in [-0.4, -0.2) is 207 Å². The highest BCUT2D eigenvalue weighted by Crippen LogP contribution is 2.30. The Morgan fingerprint density at radius 1 is 0.791 bits per heavy atom. The van der Waals surface area contributed by atoms with Crippen molar-refractivity contribution in [2.75, 3.05) is 73.4 Å². The first-order valence-corrected chi connectivity index (χ1v) is 30.3. The number of urea groups is 1. The van der Waals surface area contributed by atoms with Crippen LogP contribution < -0.4 is 43.4 Å². The van der Waals surface area contributed by atoms with E-state index in [4.69, 9.17) is 20.9 Å². The highest BCUT2D eigenvalue weighted by molar-refractivity contribution is 5.99. The minimum Gasteiger partial charge on any atom is -0.481 e. The number of carboxylic acids is 1. The molecule has 25 nitrogen and oxygen atoms in total. The van der Waals surface area contributed by atoms with E-state index >= 15 is 0 Å². The largest absolute Gasteiger partial charge is 0.481 e. The van der Waals surface area contributed by atoms with Gasteiger partial charge in [-0.3, -0.25) is 48.1 Å².